The van der Waals surface area contributed by atoms with Gasteiger partial charge in [0.15, 0.2) is 0 Å². The van der Waals surface area contributed by atoms with Crippen molar-refractivity contribution >= 4 is 46.0 Å². The van der Waals surface area contributed by atoms with Gasteiger partial charge in [-0.05, 0) is 30.3 Å². The Balaban J connectivity index is 1.47. The van der Waals surface area contributed by atoms with Crippen LogP contribution in [0.15, 0.2) is 48.7 Å². The number of fused-ring (bicyclic) bond motifs is 1. The molecule has 0 N–H and O–H groups in total. The van der Waals surface area contributed by atoms with E-state index in [9.17, 15) is 4.79 Å². The van der Waals surface area contributed by atoms with E-state index in [0.29, 0.717) is 41.8 Å². The summed E-state index contributed by atoms with van der Waals surface area (Å²) in [5.74, 6) is 0.760. The van der Waals surface area contributed by atoms with Gasteiger partial charge in [0.1, 0.15) is 5.82 Å². The first-order chi connectivity index (χ1) is 12.6. The summed E-state index contributed by atoms with van der Waals surface area (Å²) in [6, 6.07) is 12.7. The van der Waals surface area contributed by atoms with Crippen LogP contribution in [0.4, 0.5) is 5.82 Å². The van der Waals surface area contributed by atoms with Crippen LogP contribution in [0.2, 0.25) is 10.0 Å². The fraction of sp³-hybridized carbons (Fsp3) is 0.211. The first kappa shape index (κ1) is 17.1. The summed E-state index contributed by atoms with van der Waals surface area (Å²) < 4.78 is 0. The summed E-state index contributed by atoms with van der Waals surface area (Å²) in [4.78, 5) is 25.8. The minimum absolute atomic E-state index is 0.0732. The molecule has 4 rings (SSSR count). The first-order valence-electron chi connectivity index (χ1n) is 8.33. The fourth-order valence-corrected chi connectivity index (χ4v) is 3.56. The molecular formula is C19H16Cl2N4O. The number of hydrogen-bond acceptors (Lipinski definition) is 4. The summed E-state index contributed by atoms with van der Waals surface area (Å²) in [5.41, 5.74) is 2.23. The Morgan fingerprint density at radius 1 is 0.962 bits per heavy atom. The number of halogens is 2. The number of nitrogens with zero attached hydrogens (tertiary/aromatic N) is 4. The Morgan fingerprint density at radius 2 is 1.69 bits per heavy atom. The Morgan fingerprint density at radius 3 is 2.42 bits per heavy atom. The number of carbonyl (C=O) groups is 1. The molecule has 1 saturated heterocycles. The molecule has 26 heavy (non-hydrogen) atoms. The highest BCUT2D eigenvalue weighted by Gasteiger charge is 2.24. The van der Waals surface area contributed by atoms with E-state index in [1.807, 2.05) is 24.3 Å². The van der Waals surface area contributed by atoms with Gasteiger partial charge in [-0.1, -0.05) is 35.3 Å². The van der Waals surface area contributed by atoms with E-state index in [4.69, 9.17) is 23.2 Å². The molecule has 0 atom stereocenters. The number of amides is 1. The second-order valence-corrected chi connectivity index (χ2v) is 6.96. The van der Waals surface area contributed by atoms with Crippen LogP contribution < -0.4 is 4.90 Å². The minimum Gasteiger partial charge on any atom is -0.352 e. The second-order valence-electron chi connectivity index (χ2n) is 6.12. The quantitative estimate of drug-likeness (QED) is 0.669. The summed E-state index contributed by atoms with van der Waals surface area (Å²) >= 11 is 12.1. The molecule has 0 saturated carbocycles. The van der Waals surface area contributed by atoms with Crippen molar-refractivity contribution in [3.05, 3.63) is 64.3 Å². The van der Waals surface area contributed by atoms with Gasteiger partial charge in [-0.25, -0.2) is 4.98 Å². The number of benzene rings is 2. The third-order valence-corrected chi connectivity index (χ3v) is 5.04. The number of aromatic nitrogens is 2. The maximum Gasteiger partial charge on any atom is 0.255 e. The summed E-state index contributed by atoms with van der Waals surface area (Å²) in [6.07, 6.45) is 1.79. The van der Waals surface area contributed by atoms with Gasteiger partial charge in [-0.2, -0.15) is 0 Å². The highest BCUT2D eigenvalue weighted by Crippen LogP contribution is 2.23. The Hall–Kier alpha value is -2.37. The lowest BCUT2D eigenvalue weighted by Crippen LogP contribution is -2.49. The summed E-state index contributed by atoms with van der Waals surface area (Å²) in [7, 11) is 0. The molecule has 0 spiro atoms. The molecule has 0 unspecified atom stereocenters. The van der Waals surface area contributed by atoms with Crippen LogP contribution >= 0.6 is 23.2 Å². The van der Waals surface area contributed by atoms with E-state index >= 15 is 0 Å². The smallest absolute Gasteiger partial charge is 0.255 e. The molecule has 5 nitrogen and oxygen atoms in total. The Kier molecular flexibility index (Phi) is 4.66. The van der Waals surface area contributed by atoms with Crippen molar-refractivity contribution < 1.29 is 4.79 Å². The third kappa shape index (κ3) is 3.32. The lowest BCUT2D eigenvalue weighted by molar-refractivity contribution is 0.0746. The standard InChI is InChI=1S/C19H16Cl2N4O/c20-13-5-6-14(15(21)11-13)19(26)25-9-7-24(8-10-25)18-12-22-16-3-1-2-4-17(16)23-18/h1-6,11-12H,7-10H2. The van der Waals surface area contributed by atoms with Gasteiger partial charge in [0.05, 0.1) is 27.8 Å². The number of hydrogen-bond donors (Lipinski definition) is 0. The maximum absolute atomic E-state index is 12.7. The van der Waals surface area contributed by atoms with E-state index in [1.54, 1.807) is 29.3 Å². The zero-order valence-electron chi connectivity index (χ0n) is 13.9. The summed E-state index contributed by atoms with van der Waals surface area (Å²) in [6.45, 7) is 2.60. The first-order valence-corrected chi connectivity index (χ1v) is 9.08. The average Bonchev–Trinajstić information content (AvgIpc) is 2.67. The van der Waals surface area contributed by atoms with E-state index in [1.165, 1.54) is 0 Å². The largest absolute Gasteiger partial charge is 0.352 e. The molecule has 0 radical (unpaired) electrons. The minimum atomic E-state index is -0.0732. The van der Waals surface area contributed by atoms with Gasteiger partial charge in [0, 0.05) is 31.2 Å². The van der Waals surface area contributed by atoms with Crippen LogP contribution in [0, 0.1) is 0 Å². The topological polar surface area (TPSA) is 49.3 Å². The van der Waals surface area contributed by atoms with E-state index in [0.717, 1.165) is 16.9 Å². The Labute approximate surface area is 161 Å². The molecule has 2 aromatic carbocycles. The zero-order chi connectivity index (χ0) is 18.1. The maximum atomic E-state index is 12.7. The van der Waals surface area contributed by atoms with E-state index in [-0.39, 0.29) is 5.91 Å². The lowest BCUT2D eigenvalue weighted by Gasteiger charge is -2.35. The van der Waals surface area contributed by atoms with Gasteiger partial charge in [-0.15, -0.1) is 0 Å². The molecule has 2 heterocycles. The monoisotopic (exact) mass is 386 g/mol. The van der Waals surface area contributed by atoms with Crippen LogP contribution in [0.5, 0.6) is 0 Å². The van der Waals surface area contributed by atoms with E-state index in [2.05, 4.69) is 14.9 Å². The van der Waals surface area contributed by atoms with Crippen molar-refractivity contribution in [1.82, 2.24) is 14.9 Å². The average molecular weight is 387 g/mol. The van der Waals surface area contributed by atoms with Gasteiger partial charge >= 0.3 is 0 Å². The van der Waals surface area contributed by atoms with E-state index < -0.39 is 0 Å². The summed E-state index contributed by atoms with van der Waals surface area (Å²) in [5, 5.41) is 0.900. The van der Waals surface area contributed by atoms with Crippen LogP contribution in [0.3, 0.4) is 0 Å². The van der Waals surface area contributed by atoms with Crippen molar-refractivity contribution in [1.29, 1.82) is 0 Å². The van der Waals surface area contributed by atoms with Crippen molar-refractivity contribution in [3.63, 3.8) is 0 Å². The number of rotatable bonds is 2. The van der Waals surface area contributed by atoms with Crippen molar-refractivity contribution in [3.8, 4) is 0 Å². The van der Waals surface area contributed by atoms with Crippen molar-refractivity contribution in [2.75, 3.05) is 31.1 Å². The molecule has 1 amide bonds. The number of anilines is 1. The molecule has 3 aromatic rings. The predicted octanol–water partition coefficient (Wildman–Crippen LogP) is 3.90. The molecular weight excluding hydrogens is 371 g/mol. The van der Waals surface area contributed by atoms with Crippen LogP contribution in [0.1, 0.15) is 10.4 Å². The zero-order valence-corrected chi connectivity index (χ0v) is 15.4. The SMILES string of the molecule is O=C(c1ccc(Cl)cc1Cl)N1CCN(c2cnc3ccccc3n2)CC1. The molecule has 1 aromatic heterocycles. The predicted molar refractivity (Wildman–Crippen MR) is 104 cm³/mol. The van der Waals surface area contributed by atoms with Crippen molar-refractivity contribution in [2.24, 2.45) is 0 Å². The normalized spacial score (nSPS) is 14.7. The molecule has 0 bridgehead atoms. The molecule has 1 aliphatic rings. The fourth-order valence-electron chi connectivity index (χ4n) is 3.07. The second kappa shape index (κ2) is 7.09. The number of piperazine rings is 1. The highest BCUT2D eigenvalue weighted by atomic mass is 35.5. The molecule has 132 valence electrons. The third-order valence-electron chi connectivity index (χ3n) is 4.49. The van der Waals surface area contributed by atoms with Crippen molar-refractivity contribution in [2.45, 2.75) is 0 Å². The highest BCUT2D eigenvalue weighted by molar-refractivity contribution is 6.36. The van der Waals surface area contributed by atoms with Crippen LogP contribution in [0.25, 0.3) is 11.0 Å². The molecule has 1 fully saturated rings. The van der Waals surface area contributed by atoms with Gasteiger partial charge < -0.3 is 9.80 Å². The van der Waals surface area contributed by atoms with Gasteiger partial charge in [0.25, 0.3) is 5.91 Å². The van der Waals surface area contributed by atoms with Gasteiger partial charge in [-0.3, -0.25) is 9.78 Å². The number of para-hydroxylation sites is 2. The van der Waals surface area contributed by atoms with Crippen LogP contribution in [-0.4, -0.2) is 47.0 Å². The van der Waals surface area contributed by atoms with Crippen LogP contribution in [-0.2, 0) is 0 Å². The Bertz CT molecular complexity index is 971. The molecule has 1 aliphatic heterocycles. The molecule has 0 aliphatic carbocycles. The molecule has 7 heteroatoms. The van der Waals surface area contributed by atoms with Gasteiger partial charge in [0.2, 0.25) is 0 Å². The lowest BCUT2D eigenvalue weighted by atomic mass is 10.2. The number of carbonyl (C=O) groups excluding carboxylic acids is 1.